The highest BCUT2D eigenvalue weighted by molar-refractivity contribution is 6.29. The van der Waals surface area contributed by atoms with Gasteiger partial charge in [-0.1, -0.05) is 11.6 Å². The molecule has 0 aliphatic carbocycles. The van der Waals surface area contributed by atoms with E-state index in [2.05, 4.69) is 9.97 Å². The molecule has 1 aromatic carbocycles. The molecule has 5 heteroatoms. The van der Waals surface area contributed by atoms with E-state index in [-0.39, 0.29) is 12.4 Å². The smallest absolute Gasteiger partial charge is 0.156 e. The first-order valence-electron chi connectivity index (χ1n) is 5.39. The zero-order valence-corrected chi connectivity index (χ0v) is 10.8. The fourth-order valence-corrected chi connectivity index (χ4v) is 1.91. The Morgan fingerprint density at radius 2 is 2.06 bits per heavy atom. The van der Waals surface area contributed by atoms with E-state index < -0.39 is 0 Å². The van der Waals surface area contributed by atoms with Crippen molar-refractivity contribution < 1.29 is 9.13 Å². The van der Waals surface area contributed by atoms with Crippen LogP contribution in [-0.4, -0.2) is 17.1 Å². The van der Waals surface area contributed by atoms with Gasteiger partial charge in [0.15, 0.2) is 5.82 Å². The second kappa shape index (κ2) is 5.42. The summed E-state index contributed by atoms with van der Waals surface area (Å²) in [5.74, 6) is 0.234. The molecular formula is C13H12ClFN2O. The molecule has 0 aliphatic rings. The van der Waals surface area contributed by atoms with Crippen molar-refractivity contribution in [3.63, 3.8) is 0 Å². The quantitative estimate of drug-likeness (QED) is 0.799. The predicted octanol–water partition coefficient (Wildman–Crippen LogP) is 3.39. The van der Waals surface area contributed by atoms with E-state index >= 15 is 0 Å². The Morgan fingerprint density at radius 3 is 2.72 bits per heavy atom. The van der Waals surface area contributed by atoms with Gasteiger partial charge in [0.05, 0.1) is 5.69 Å². The molecule has 1 aromatic heterocycles. The monoisotopic (exact) mass is 266 g/mol. The molecule has 0 bridgehead atoms. The highest BCUT2D eigenvalue weighted by atomic mass is 35.5. The molecule has 94 valence electrons. The Labute approximate surface area is 110 Å². The van der Waals surface area contributed by atoms with Gasteiger partial charge < -0.3 is 4.74 Å². The minimum absolute atomic E-state index is 0.270. The molecule has 2 aromatic rings. The summed E-state index contributed by atoms with van der Waals surface area (Å²) >= 11 is 5.94. The molecule has 0 amide bonds. The Bertz CT molecular complexity index is 575. The number of methoxy groups -OCH3 is 1. The minimum atomic E-state index is -0.270. The largest absolute Gasteiger partial charge is 0.377 e. The fraction of sp³-hybridized carbons (Fsp3) is 0.231. The number of nitrogens with zero attached hydrogens (tertiary/aromatic N) is 2. The second-order valence-corrected chi connectivity index (χ2v) is 4.27. The highest BCUT2D eigenvalue weighted by Gasteiger charge is 2.08. The second-order valence-electron chi connectivity index (χ2n) is 3.88. The van der Waals surface area contributed by atoms with Crippen LogP contribution in [0.2, 0.25) is 5.15 Å². The number of rotatable bonds is 3. The van der Waals surface area contributed by atoms with Crippen LogP contribution in [-0.2, 0) is 11.3 Å². The van der Waals surface area contributed by atoms with Crippen LogP contribution in [0.4, 0.5) is 4.39 Å². The molecule has 0 spiro atoms. The van der Waals surface area contributed by atoms with Crippen molar-refractivity contribution in [3.05, 3.63) is 46.6 Å². The van der Waals surface area contributed by atoms with Gasteiger partial charge in [-0.3, -0.25) is 0 Å². The molecule has 0 N–H and O–H groups in total. The lowest BCUT2D eigenvalue weighted by atomic mass is 10.1. The molecular weight excluding hydrogens is 255 g/mol. The Hall–Kier alpha value is -1.52. The van der Waals surface area contributed by atoms with E-state index in [1.54, 1.807) is 19.2 Å². The number of aromatic nitrogens is 2. The van der Waals surface area contributed by atoms with Crippen LogP contribution in [0.25, 0.3) is 11.3 Å². The number of aryl methyl sites for hydroxylation is 1. The van der Waals surface area contributed by atoms with E-state index in [9.17, 15) is 4.39 Å². The highest BCUT2D eigenvalue weighted by Crippen LogP contribution is 2.24. The van der Waals surface area contributed by atoms with Gasteiger partial charge in [-0.15, -0.1) is 0 Å². The molecule has 1 heterocycles. The van der Waals surface area contributed by atoms with Gasteiger partial charge in [-0.25, -0.2) is 14.4 Å². The lowest BCUT2D eigenvalue weighted by Crippen LogP contribution is -1.99. The summed E-state index contributed by atoms with van der Waals surface area (Å²) in [6.07, 6.45) is 0. The van der Waals surface area contributed by atoms with Crippen LogP contribution in [0.5, 0.6) is 0 Å². The summed E-state index contributed by atoms with van der Waals surface area (Å²) in [6.45, 7) is 2.11. The van der Waals surface area contributed by atoms with Crippen LogP contribution >= 0.6 is 11.6 Å². The van der Waals surface area contributed by atoms with Crippen LogP contribution in [0.1, 0.15) is 11.4 Å². The van der Waals surface area contributed by atoms with Gasteiger partial charge in [0, 0.05) is 18.7 Å². The van der Waals surface area contributed by atoms with Crippen LogP contribution in [0.15, 0.2) is 24.3 Å². The molecule has 0 fully saturated rings. The van der Waals surface area contributed by atoms with Gasteiger partial charge in [-0.05, 0) is 30.7 Å². The number of ether oxygens (including phenoxy) is 1. The molecule has 18 heavy (non-hydrogen) atoms. The third-order valence-electron chi connectivity index (χ3n) is 2.48. The molecule has 2 rings (SSSR count). The summed E-state index contributed by atoms with van der Waals surface area (Å²) in [6, 6.07) is 6.19. The number of hydrogen-bond donors (Lipinski definition) is 0. The molecule has 0 atom stereocenters. The molecule has 0 unspecified atom stereocenters. The average molecular weight is 267 g/mol. The minimum Gasteiger partial charge on any atom is -0.377 e. The Balaban J connectivity index is 2.49. The van der Waals surface area contributed by atoms with Crippen molar-refractivity contribution >= 4 is 11.6 Å². The summed E-state index contributed by atoms with van der Waals surface area (Å²) in [7, 11) is 1.56. The van der Waals surface area contributed by atoms with Crippen LogP contribution in [0.3, 0.4) is 0 Å². The van der Waals surface area contributed by atoms with Gasteiger partial charge in [0.1, 0.15) is 17.6 Å². The maximum Gasteiger partial charge on any atom is 0.156 e. The summed E-state index contributed by atoms with van der Waals surface area (Å²) in [4.78, 5) is 8.39. The lowest BCUT2D eigenvalue weighted by molar-refractivity contribution is 0.178. The zero-order chi connectivity index (χ0) is 13.1. The molecule has 0 radical (unpaired) electrons. The van der Waals surface area contributed by atoms with Crippen LogP contribution in [0, 0.1) is 12.7 Å². The van der Waals surface area contributed by atoms with Crippen molar-refractivity contribution in [2.75, 3.05) is 7.11 Å². The molecule has 0 saturated heterocycles. The van der Waals surface area contributed by atoms with Crippen molar-refractivity contribution in [1.29, 1.82) is 0 Å². The van der Waals surface area contributed by atoms with Gasteiger partial charge in [-0.2, -0.15) is 0 Å². The number of hydrogen-bond acceptors (Lipinski definition) is 3. The first kappa shape index (κ1) is 12.9. The van der Waals surface area contributed by atoms with Crippen molar-refractivity contribution in [2.45, 2.75) is 13.5 Å². The zero-order valence-electron chi connectivity index (χ0n) is 10.1. The van der Waals surface area contributed by atoms with Crippen molar-refractivity contribution in [3.8, 4) is 11.3 Å². The Morgan fingerprint density at radius 1 is 1.28 bits per heavy atom. The summed E-state index contributed by atoms with van der Waals surface area (Å²) in [5.41, 5.74) is 2.30. The van der Waals surface area contributed by atoms with E-state index in [0.717, 1.165) is 11.1 Å². The molecule has 0 saturated carbocycles. The lowest BCUT2D eigenvalue weighted by Gasteiger charge is -2.07. The topological polar surface area (TPSA) is 35.0 Å². The first-order valence-corrected chi connectivity index (χ1v) is 5.77. The summed E-state index contributed by atoms with van der Waals surface area (Å²) in [5, 5.41) is 0.343. The SMILES string of the molecule is COCc1nc(Cl)cc(-c2ccc(F)cc2C)n1. The third kappa shape index (κ3) is 2.83. The number of benzene rings is 1. The fourth-order valence-electron chi connectivity index (χ4n) is 1.71. The van der Waals surface area contributed by atoms with E-state index in [4.69, 9.17) is 16.3 Å². The third-order valence-corrected chi connectivity index (χ3v) is 2.67. The van der Waals surface area contributed by atoms with Gasteiger partial charge in [0.25, 0.3) is 0 Å². The van der Waals surface area contributed by atoms with Crippen molar-refractivity contribution in [1.82, 2.24) is 9.97 Å². The normalized spacial score (nSPS) is 10.7. The Kier molecular flexibility index (Phi) is 3.89. The van der Waals surface area contributed by atoms with Gasteiger partial charge >= 0.3 is 0 Å². The van der Waals surface area contributed by atoms with E-state index in [0.29, 0.717) is 16.7 Å². The summed E-state index contributed by atoms with van der Waals surface area (Å²) < 4.78 is 18.0. The number of halogens is 2. The van der Waals surface area contributed by atoms with Crippen molar-refractivity contribution in [2.24, 2.45) is 0 Å². The standard InChI is InChI=1S/C13H12ClFN2O/c1-8-5-9(15)3-4-10(8)11-6-12(14)17-13(16-11)7-18-2/h3-6H,7H2,1-2H3. The van der Waals surface area contributed by atoms with E-state index in [1.807, 2.05) is 6.92 Å². The van der Waals surface area contributed by atoms with Gasteiger partial charge in [0.2, 0.25) is 0 Å². The van der Waals surface area contributed by atoms with E-state index in [1.165, 1.54) is 12.1 Å². The molecule has 0 aliphatic heterocycles. The maximum absolute atomic E-state index is 13.1. The first-order chi connectivity index (χ1) is 8.60. The average Bonchev–Trinajstić information content (AvgIpc) is 2.28. The van der Waals surface area contributed by atoms with Crippen LogP contribution < -0.4 is 0 Å². The predicted molar refractivity (Wildman–Crippen MR) is 67.9 cm³/mol. The molecule has 3 nitrogen and oxygen atoms in total. The maximum atomic E-state index is 13.1.